The van der Waals surface area contributed by atoms with E-state index in [0.717, 1.165) is 28.3 Å². The van der Waals surface area contributed by atoms with Gasteiger partial charge in [0.15, 0.2) is 0 Å². The van der Waals surface area contributed by atoms with Crippen LogP contribution < -0.4 is 4.74 Å². The zero-order chi connectivity index (χ0) is 14.5. The molecule has 0 bridgehead atoms. The number of ether oxygens (including phenoxy) is 1. The molecule has 3 nitrogen and oxygen atoms in total. The highest BCUT2D eigenvalue weighted by molar-refractivity contribution is 9.08. The molecule has 106 valence electrons. The Hall–Kier alpha value is -2.07. The van der Waals surface area contributed by atoms with Crippen LogP contribution in [0.15, 0.2) is 65.2 Å². The smallest absolute Gasteiger partial charge is 0.147 e. The Morgan fingerprint density at radius 1 is 1.00 bits per heavy atom. The average Bonchev–Trinajstić information content (AvgIpc) is 3.03. The molecule has 4 heteroatoms. The molecule has 0 saturated heterocycles. The summed E-state index contributed by atoms with van der Waals surface area (Å²) in [6, 6.07) is 19.9. The van der Waals surface area contributed by atoms with Gasteiger partial charge >= 0.3 is 0 Å². The molecule has 3 rings (SSSR count). The normalized spacial score (nSPS) is 10.5. The fourth-order valence-corrected chi connectivity index (χ4v) is 2.24. The summed E-state index contributed by atoms with van der Waals surface area (Å²) in [6.07, 6.45) is 0. The second-order valence-corrected chi connectivity index (χ2v) is 5.17. The van der Waals surface area contributed by atoms with Crippen LogP contribution in [-0.4, -0.2) is 5.16 Å². The molecule has 0 aliphatic rings. The Morgan fingerprint density at radius 3 is 2.43 bits per heavy atom. The van der Waals surface area contributed by atoms with E-state index in [-0.39, 0.29) is 0 Å². The second kappa shape index (κ2) is 6.59. The summed E-state index contributed by atoms with van der Waals surface area (Å²) >= 11 is 3.34. The molecular formula is C17H14BrNO2. The largest absolute Gasteiger partial charge is 0.489 e. The summed E-state index contributed by atoms with van der Waals surface area (Å²) in [6.45, 7) is 0.567. The van der Waals surface area contributed by atoms with Crippen molar-refractivity contribution in [2.24, 2.45) is 0 Å². The molecule has 0 amide bonds. The fourth-order valence-electron chi connectivity index (χ4n) is 1.97. The first kappa shape index (κ1) is 13.9. The van der Waals surface area contributed by atoms with E-state index in [9.17, 15) is 0 Å². The minimum Gasteiger partial charge on any atom is -0.489 e. The van der Waals surface area contributed by atoms with Crippen molar-refractivity contribution in [2.45, 2.75) is 11.9 Å². The van der Waals surface area contributed by atoms with Crippen molar-refractivity contribution < 1.29 is 9.26 Å². The first-order valence-corrected chi connectivity index (χ1v) is 7.76. The SMILES string of the molecule is BrCc1cc(-c2ccc(OCc3ccccc3)cc2)no1. The van der Waals surface area contributed by atoms with E-state index >= 15 is 0 Å². The van der Waals surface area contributed by atoms with Crippen molar-refractivity contribution in [2.75, 3.05) is 0 Å². The number of alkyl halides is 1. The molecule has 0 atom stereocenters. The van der Waals surface area contributed by atoms with Gasteiger partial charge in [-0.15, -0.1) is 0 Å². The van der Waals surface area contributed by atoms with Crippen LogP contribution >= 0.6 is 15.9 Å². The summed E-state index contributed by atoms with van der Waals surface area (Å²) in [4.78, 5) is 0. The minimum absolute atomic E-state index is 0.567. The van der Waals surface area contributed by atoms with E-state index in [2.05, 4.69) is 21.1 Å². The zero-order valence-electron chi connectivity index (χ0n) is 11.3. The Balaban J connectivity index is 1.66. The highest BCUT2D eigenvalue weighted by Crippen LogP contribution is 2.23. The third-order valence-electron chi connectivity index (χ3n) is 3.09. The summed E-state index contributed by atoms with van der Waals surface area (Å²) in [5.41, 5.74) is 3.00. The maximum absolute atomic E-state index is 5.76. The van der Waals surface area contributed by atoms with E-state index < -0.39 is 0 Å². The molecule has 0 fully saturated rings. The second-order valence-electron chi connectivity index (χ2n) is 4.61. The highest BCUT2D eigenvalue weighted by Gasteiger charge is 2.05. The van der Waals surface area contributed by atoms with Gasteiger partial charge in [0.25, 0.3) is 0 Å². The molecule has 0 saturated carbocycles. The molecule has 0 radical (unpaired) electrons. The Kier molecular flexibility index (Phi) is 4.36. The fraction of sp³-hybridized carbons (Fsp3) is 0.118. The number of benzene rings is 2. The molecule has 1 heterocycles. The molecular weight excluding hydrogens is 330 g/mol. The van der Waals surface area contributed by atoms with Gasteiger partial charge in [-0.3, -0.25) is 0 Å². The monoisotopic (exact) mass is 343 g/mol. The summed E-state index contributed by atoms with van der Waals surface area (Å²) < 4.78 is 10.9. The maximum atomic E-state index is 5.76. The first-order chi connectivity index (χ1) is 10.3. The van der Waals surface area contributed by atoms with Gasteiger partial charge in [-0.25, -0.2) is 0 Å². The molecule has 0 unspecified atom stereocenters. The van der Waals surface area contributed by atoms with Gasteiger partial charge < -0.3 is 9.26 Å². The number of hydrogen-bond acceptors (Lipinski definition) is 3. The van der Waals surface area contributed by atoms with Gasteiger partial charge in [0.1, 0.15) is 23.8 Å². The number of rotatable bonds is 5. The van der Waals surface area contributed by atoms with Crippen LogP contribution in [0.3, 0.4) is 0 Å². The van der Waals surface area contributed by atoms with Gasteiger partial charge in [0.2, 0.25) is 0 Å². The summed E-state index contributed by atoms with van der Waals surface area (Å²) in [7, 11) is 0. The molecule has 2 aromatic carbocycles. The van der Waals surface area contributed by atoms with Crippen LogP contribution in [0.5, 0.6) is 5.75 Å². The lowest BCUT2D eigenvalue weighted by atomic mass is 10.1. The van der Waals surface area contributed by atoms with Crippen molar-refractivity contribution >= 4 is 15.9 Å². The first-order valence-electron chi connectivity index (χ1n) is 6.64. The quantitative estimate of drug-likeness (QED) is 0.623. The average molecular weight is 344 g/mol. The van der Waals surface area contributed by atoms with Gasteiger partial charge in [-0.2, -0.15) is 0 Å². The highest BCUT2D eigenvalue weighted by atomic mass is 79.9. The molecule has 3 aromatic rings. The molecule has 0 aliphatic heterocycles. The molecule has 0 aliphatic carbocycles. The predicted octanol–water partition coefficient (Wildman–Crippen LogP) is 4.82. The zero-order valence-corrected chi connectivity index (χ0v) is 12.9. The summed E-state index contributed by atoms with van der Waals surface area (Å²) in [5, 5.41) is 4.70. The standard InChI is InChI=1S/C17H14BrNO2/c18-11-16-10-17(19-21-16)14-6-8-15(9-7-14)20-12-13-4-2-1-3-5-13/h1-10H,11-12H2. The third-order valence-corrected chi connectivity index (χ3v) is 3.64. The van der Waals surface area contributed by atoms with Crippen LogP contribution in [0, 0.1) is 0 Å². The van der Waals surface area contributed by atoms with E-state index in [1.54, 1.807) is 0 Å². The Labute approximate surface area is 131 Å². The van der Waals surface area contributed by atoms with Crippen molar-refractivity contribution in [3.8, 4) is 17.0 Å². The van der Waals surface area contributed by atoms with Crippen molar-refractivity contribution in [1.82, 2.24) is 5.16 Å². The lowest BCUT2D eigenvalue weighted by molar-refractivity contribution is 0.306. The lowest BCUT2D eigenvalue weighted by Gasteiger charge is -2.06. The van der Waals surface area contributed by atoms with Crippen LogP contribution in [0.1, 0.15) is 11.3 Å². The van der Waals surface area contributed by atoms with Crippen molar-refractivity contribution in [1.29, 1.82) is 0 Å². The van der Waals surface area contributed by atoms with E-state index in [0.29, 0.717) is 11.9 Å². The van der Waals surface area contributed by atoms with E-state index in [1.807, 2.05) is 60.7 Å². The Bertz CT molecular complexity index is 692. The van der Waals surface area contributed by atoms with Crippen LogP contribution in [-0.2, 0) is 11.9 Å². The van der Waals surface area contributed by atoms with Gasteiger partial charge in [-0.05, 0) is 29.8 Å². The maximum Gasteiger partial charge on any atom is 0.147 e. The van der Waals surface area contributed by atoms with Gasteiger partial charge in [-0.1, -0.05) is 51.4 Å². The number of hydrogen-bond donors (Lipinski definition) is 0. The number of halogens is 1. The Morgan fingerprint density at radius 2 is 1.76 bits per heavy atom. The minimum atomic E-state index is 0.567. The van der Waals surface area contributed by atoms with E-state index in [1.165, 1.54) is 0 Å². The van der Waals surface area contributed by atoms with Crippen LogP contribution in [0.4, 0.5) is 0 Å². The molecule has 0 spiro atoms. The van der Waals surface area contributed by atoms with Crippen molar-refractivity contribution in [3.63, 3.8) is 0 Å². The predicted molar refractivity (Wildman–Crippen MR) is 85.3 cm³/mol. The third kappa shape index (κ3) is 3.52. The van der Waals surface area contributed by atoms with Crippen molar-refractivity contribution in [3.05, 3.63) is 72.0 Å². The lowest BCUT2D eigenvalue weighted by Crippen LogP contribution is -1.94. The summed E-state index contributed by atoms with van der Waals surface area (Å²) in [5.74, 6) is 1.65. The van der Waals surface area contributed by atoms with Gasteiger partial charge in [0, 0.05) is 11.6 Å². The van der Waals surface area contributed by atoms with Crippen LogP contribution in [0.2, 0.25) is 0 Å². The number of aromatic nitrogens is 1. The molecule has 21 heavy (non-hydrogen) atoms. The van der Waals surface area contributed by atoms with E-state index in [4.69, 9.17) is 9.26 Å². The topological polar surface area (TPSA) is 35.3 Å². The van der Waals surface area contributed by atoms with Gasteiger partial charge in [0.05, 0.1) is 5.33 Å². The molecule has 0 N–H and O–H groups in total. The van der Waals surface area contributed by atoms with Crippen LogP contribution in [0.25, 0.3) is 11.3 Å². The number of nitrogens with zero attached hydrogens (tertiary/aromatic N) is 1. The molecule has 1 aromatic heterocycles.